The van der Waals surface area contributed by atoms with Crippen molar-refractivity contribution in [1.29, 1.82) is 0 Å². The minimum Gasteiger partial charge on any atom is -0.363 e. The van der Waals surface area contributed by atoms with Crippen LogP contribution in [-0.4, -0.2) is 56.8 Å². The van der Waals surface area contributed by atoms with Gasteiger partial charge in [-0.25, -0.2) is 19.3 Å². The van der Waals surface area contributed by atoms with Crippen molar-refractivity contribution in [2.45, 2.75) is 25.6 Å². The van der Waals surface area contributed by atoms with Crippen molar-refractivity contribution in [2.24, 2.45) is 5.92 Å². The van der Waals surface area contributed by atoms with Crippen molar-refractivity contribution < 1.29 is 9.13 Å². The summed E-state index contributed by atoms with van der Waals surface area (Å²) in [6, 6.07) is 1.91. The van der Waals surface area contributed by atoms with E-state index < -0.39 is 5.82 Å². The van der Waals surface area contributed by atoms with Gasteiger partial charge in [0.15, 0.2) is 17.5 Å². The minimum absolute atomic E-state index is 0.118. The molecule has 7 nitrogen and oxygen atoms in total. The first kappa shape index (κ1) is 17.8. The van der Waals surface area contributed by atoms with Crippen LogP contribution in [-0.2, 0) is 4.74 Å². The zero-order chi connectivity index (χ0) is 19.3. The Morgan fingerprint density at radius 3 is 3.04 bits per heavy atom. The number of halogens is 2. The molecule has 2 aliphatic heterocycles. The largest absolute Gasteiger partial charge is 0.363 e. The fourth-order valence-electron chi connectivity index (χ4n) is 3.93. The van der Waals surface area contributed by atoms with Crippen molar-refractivity contribution in [3.63, 3.8) is 0 Å². The lowest BCUT2D eigenvalue weighted by Crippen LogP contribution is -2.50. The highest BCUT2D eigenvalue weighted by molar-refractivity contribution is 6.31. The number of pyridine rings is 1. The van der Waals surface area contributed by atoms with E-state index in [1.54, 1.807) is 18.5 Å². The maximum atomic E-state index is 14.4. The van der Waals surface area contributed by atoms with Crippen molar-refractivity contribution in [1.82, 2.24) is 24.8 Å². The lowest BCUT2D eigenvalue weighted by atomic mass is 10.1. The van der Waals surface area contributed by atoms with Gasteiger partial charge in [0.25, 0.3) is 0 Å². The van der Waals surface area contributed by atoms with E-state index in [4.69, 9.17) is 16.3 Å². The van der Waals surface area contributed by atoms with E-state index in [-0.39, 0.29) is 18.1 Å². The quantitative estimate of drug-likeness (QED) is 0.697. The third-order valence-electron chi connectivity index (χ3n) is 5.42. The first-order valence-electron chi connectivity index (χ1n) is 9.36. The molecule has 3 atom stereocenters. The van der Waals surface area contributed by atoms with Gasteiger partial charge in [0, 0.05) is 48.4 Å². The fourth-order valence-corrected chi connectivity index (χ4v) is 4.09. The average molecular weight is 403 g/mol. The zero-order valence-electron chi connectivity index (χ0n) is 15.3. The normalized spacial score (nSPS) is 25.2. The van der Waals surface area contributed by atoms with Gasteiger partial charge >= 0.3 is 0 Å². The third-order valence-corrected chi connectivity index (χ3v) is 5.63. The molecule has 0 aliphatic carbocycles. The van der Waals surface area contributed by atoms with Crippen LogP contribution in [0.2, 0.25) is 5.02 Å². The standard InChI is InChI=1S/C19H20ClFN6O/c1-10-9-28-19(10)27-3-2-12(8-27)25-18-15(21)7-24-17(26-18)14-6-23-16-13(14)4-11(20)5-22-16/h4-7,10,12,19H,2-3,8-9H2,1H3,(H,22,23)(H,24,25,26)/t10?,12-,19?/m1/s1. The second kappa shape index (κ2) is 6.95. The SMILES string of the molecule is CC1COC1N1CC[C@@H](Nc2nc(-c3c[nH]c4ncc(Cl)cc34)ncc2F)C1. The monoisotopic (exact) mass is 402 g/mol. The van der Waals surface area contributed by atoms with Gasteiger partial charge in [0.2, 0.25) is 0 Å². The molecule has 2 saturated heterocycles. The molecule has 0 radical (unpaired) electrons. The second-order valence-corrected chi connectivity index (χ2v) is 7.90. The van der Waals surface area contributed by atoms with Gasteiger partial charge < -0.3 is 15.0 Å². The molecule has 146 valence electrons. The highest BCUT2D eigenvalue weighted by Gasteiger charge is 2.37. The van der Waals surface area contributed by atoms with Crippen LogP contribution in [0, 0.1) is 11.7 Å². The number of ether oxygens (including phenoxy) is 1. The Kier molecular flexibility index (Phi) is 4.41. The summed E-state index contributed by atoms with van der Waals surface area (Å²) in [6.45, 7) is 4.74. The van der Waals surface area contributed by atoms with Crippen LogP contribution in [0.15, 0.2) is 24.7 Å². The number of anilines is 1. The Morgan fingerprint density at radius 1 is 1.36 bits per heavy atom. The van der Waals surface area contributed by atoms with E-state index in [0.29, 0.717) is 22.4 Å². The highest BCUT2D eigenvalue weighted by Crippen LogP contribution is 2.30. The van der Waals surface area contributed by atoms with Gasteiger partial charge in [-0.2, -0.15) is 0 Å². The smallest absolute Gasteiger partial charge is 0.183 e. The zero-order valence-corrected chi connectivity index (χ0v) is 16.1. The van der Waals surface area contributed by atoms with E-state index in [2.05, 4.69) is 37.1 Å². The summed E-state index contributed by atoms with van der Waals surface area (Å²) in [6.07, 6.45) is 5.63. The molecule has 5 rings (SSSR count). The number of nitrogens with zero attached hydrogens (tertiary/aromatic N) is 4. The second-order valence-electron chi connectivity index (χ2n) is 7.47. The highest BCUT2D eigenvalue weighted by atomic mass is 35.5. The fraction of sp³-hybridized carbons (Fsp3) is 0.421. The number of fused-ring (bicyclic) bond motifs is 1. The first-order chi connectivity index (χ1) is 13.6. The Balaban J connectivity index is 1.38. The first-order valence-corrected chi connectivity index (χ1v) is 9.74. The Labute approximate surface area is 166 Å². The molecule has 9 heteroatoms. The van der Waals surface area contributed by atoms with Crippen LogP contribution in [0.25, 0.3) is 22.4 Å². The predicted molar refractivity (Wildman–Crippen MR) is 105 cm³/mol. The number of rotatable bonds is 4. The maximum Gasteiger partial charge on any atom is 0.183 e. The number of nitrogens with one attached hydrogen (secondary N) is 2. The van der Waals surface area contributed by atoms with Crippen molar-refractivity contribution in [3.8, 4) is 11.4 Å². The van der Waals surface area contributed by atoms with Crippen LogP contribution in [0.1, 0.15) is 13.3 Å². The van der Waals surface area contributed by atoms with E-state index in [1.165, 1.54) is 6.20 Å². The molecule has 0 amide bonds. The molecule has 2 fully saturated rings. The number of aromatic amines is 1. The van der Waals surface area contributed by atoms with Gasteiger partial charge in [-0.1, -0.05) is 18.5 Å². The summed E-state index contributed by atoms with van der Waals surface area (Å²) in [5.74, 6) is 0.712. The molecule has 2 N–H and O–H groups in total. The molecule has 2 aliphatic rings. The summed E-state index contributed by atoms with van der Waals surface area (Å²) in [5, 5.41) is 4.56. The molecule has 0 spiro atoms. The number of H-pyrrole nitrogens is 1. The summed E-state index contributed by atoms with van der Waals surface area (Å²) in [4.78, 5) is 18.2. The van der Waals surface area contributed by atoms with E-state index in [0.717, 1.165) is 37.1 Å². The number of hydrogen-bond donors (Lipinski definition) is 2. The molecule has 3 aromatic rings. The van der Waals surface area contributed by atoms with Crippen molar-refractivity contribution in [3.05, 3.63) is 35.5 Å². The molecule has 0 saturated carbocycles. The Hall–Kier alpha value is -2.29. The van der Waals surface area contributed by atoms with E-state index in [9.17, 15) is 4.39 Å². The molecule has 2 unspecified atom stereocenters. The number of likely N-dealkylation sites (tertiary alicyclic amines) is 1. The Morgan fingerprint density at radius 2 is 2.25 bits per heavy atom. The van der Waals surface area contributed by atoms with Crippen molar-refractivity contribution >= 4 is 28.5 Å². The third kappa shape index (κ3) is 3.11. The molecule has 28 heavy (non-hydrogen) atoms. The van der Waals surface area contributed by atoms with Gasteiger partial charge in [0.05, 0.1) is 17.8 Å². The van der Waals surface area contributed by atoms with Gasteiger partial charge in [-0.05, 0) is 12.5 Å². The molecular weight excluding hydrogens is 383 g/mol. The minimum atomic E-state index is -0.466. The van der Waals surface area contributed by atoms with Crippen LogP contribution in [0.3, 0.4) is 0 Å². The van der Waals surface area contributed by atoms with Gasteiger partial charge in [-0.3, -0.25) is 4.90 Å². The maximum absolute atomic E-state index is 14.4. The number of aromatic nitrogens is 4. The molecular formula is C19H20ClFN6O. The molecule has 0 aromatic carbocycles. The topological polar surface area (TPSA) is 79.0 Å². The van der Waals surface area contributed by atoms with Crippen LogP contribution in [0.5, 0.6) is 0 Å². The predicted octanol–water partition coefficient (Wildman–Crippen LogP) is 3.29. The van der Waals surface area contributed by atoms with Crippen LogP contribution in [0.4, 0.5) is 10.2 Å². The summed E-state index contributed by atoms with van der Waals surface area (Å²) in [7, 11) is 0. The van der Waals surface area contributed by atoms with Crippen molar-refractivity contribution in [2.75, 3.05) is 25.0 Å². The summed E-state index contributed by atoms with van der Waals surface area (Å²) >= 11 is 6.07. The number of hydrogen-bond acceptors (Lipinski definition) is 6. The van der Waals surface area contributed by atoms with Crippen LogP contribution >= 0.6 is 11.6 Å². The molecule has 3 aromatic heterocycles. The lowest BCUT2D eigenvalue weighted by Gasteiger charge is -2.40. The lowest BCUT2D eigenvalue weighted by molar-refractivity contribution is -0.182. The van der Waals surface area contributed by atoms with E-state index in [1.807, 2.05) is 0 Å². The van der Waals surface area contributed by atoms with E-state index >= 15 is 0 Å². The summed E-state index contributed by atoms with van der Waals surface area (Å²) in [5.41, 5.74) is 1.42. The van der Waals surface area contributed by atoms with Crippen LogP contribution < -0.4 is 5.32 Å². The van der Waals surface area contributed by atoms with Gasteiger partial charge in [-0.15, -0.1) is 0 Å². The summed E-state index contributed by atoms with van der Waals surface area (Å²) < 4.78 is 20.0. The molecule has 0 bridgehead atoms. The van der Waals surface area contributed by atoms with Gasteiger partial charge in [0.1, 0.15) is 11.9 Å². The molecule has 5 heterocycles. The Bertz CT molecular complexity index is 1030. The average Bonchev–Trinajstić information content (AvgIpc) is 3.29.